The van der Waals surface area contributed by atoms with Crippen LogP contribution >= 0.6 is 11.8 Å². The summed E-state index contributed by atoms with van der Waals surface area (Å²) in [5, 5.41) is 5.72. The van der Waals surface area contributed by atoms with Gasteiger partial charge in [0.2, 0.25) is 11.7 Å². The molecular formula is C20H17F2N3O4S. The number of anilines is 1. The van der Waals surface area contributed by atoms with Crippen LogP contribution in [0.3, 0.4) is 0 Å². The number of benzene rings is 2. The van der Waals surface area contributed by atoms with Crippen molar-refractivity contribution < 1.29 is 27.6 Å². The topological polar surface area (TPSA) is 94.3 Å². The van der Waals surface area contributed by atoms with Crippen molar-refractivity contribution in [3.63, 3.8) is 0 Å². The van der Waals surface area contributed by atoms with Crippen molar-refractivity contribution in [3.8, 4) is 11.5 Å². The minimum absolute atomic E-state index is 0.0184. The number of aromatic nitrogens is 2. The monoisotopic (exact) mass is 433 g/mol. The van der Waals surface area contributed by atoms with Crippen LogP contribution in [0.15, 0.2) is 53.1 Å². The van der Waals surface area contributed by atoms with Gasteiger partial charge in [0.1, 0.15) is 16.9 Å². The molecule has 1 amide bonds. The Bertz CT molecular complexity index is 1010. The summed E-state index contributed by atoms with van der Waals surface area (Å²) >= 11 is 1.09. The fourth-order valence-corrected chi connectivity index (χ4v) is 2.95. The largest absolute Gasteiger partial charge is 0.456 e. The summed E-state index contributed by atoms with van der Waals surface area (Å²) in [6.07, 6.45) is 0. The van der Waals surface area contributed by atoms with Gasteiger partial charge in [-0.3, -0.25) is 9.59 Å². The summed E-state index contributed by atoms with van der Waals surface area (Å²) in [6, 6.07) is 10.9. The van der Waals surface area contributed by atoms with E-state index >= 15 is 0 Å². The van der Waals surface area contributed by atoms with E-state index in [9.17, 15) is 18.4 Å². The number of amides is 1. The molecule has 156 valence electrons. The molecule has 30 heavy (non-hydrogen) atoms. The van der Waals surface area contributed by atoms with Crippen LogP contribution < -0.4 is 5.32 Å². The third-order valence-electron chi connectivity index (χ3n) is 3.83. The maximum atomic E-state index is 13.0. The highest BCUT2D eigenvalue weighted by atomic mass is 32.2. The molecule has 7 nitrogen and oxygen atoms in total. The maximum absolute atomic E-state index is 13.0. The van der Waals surface area contributed by atoms with Crippen LogP contribution in [0.4, 0.5) is 14.5 Å². The highest BCUT2D eigenvalue weighted by Crippen LogP contribution is 2.18. The van der Waals surface area contributed by atoms with E-state index in [1.165, 1.54) is 48.5 Å². The number of hydrogen-bond acceptors (Lipinski definition) is 7. The van der Waals surface area contributed by atoms with Crippen LogP contribution in [-0.4, -0.2) is 33.0 Å². The van der Waals surface area contributed by atoms with Gasteiger partial charge < -0.3 is 14.6 Å². The molecule has 0 spiro atoms. The summed E-state index contributed by atoms with van der Waals surface area (Å²) < 4.78 is 36.0. The van der Waals surface area contributed by atoms with Gasteiger partial charge >= 0.3 is 5.97 Å². The number of thioether (sulfide) groups is 1. The first-order chi connectivity index (χ1) is 14.4. The molecule has 0 radical (unpaired) electrons. The number of rotatable bonds is 8. The van der Waals surface area contributed by atoms with Gasteiger partial charge in [0.25, 0.3) is 5.89 Å². The Labute approximate surface area is 174 Å². The molecule has 10 heteroatoms. The number of carbonyl (C=O) groups excluding carboxylic acids is 2. The van der Waals surface area contributed by atoms with Gasteiger partial charge in [-0.2, -0.15) is 4.98 Å². The van der Waals surface area contributed by atoms with Gasteiger partial charge in [-0.1, -0.05) is 5.16 Å². The normalized spacial score (nSPS) is 11.7. The van der Waals surface area contributed by atoms with Crippen LogP contribution in [0, 0.1) is 11.6 Å². The van der Waals surface area contributed by atoms with Crippen LogP contribution in [0.5, 0.6) is 0 Å². The van der Waals surface area contributed by atoms with E-state index in [2.05, 4.69) is 15.5 Å². The summed E-state index contributed by atoms with van der Waals surface area (Å²) in [5.74, 6) is -1.29. The van der Waals surface area contributed by atoms with Crippen molar-refractivity contribution in [1.82, 2.24) is 10.1 Å². The van der Waals surface area contributed by atoms with Gasteiger partial charge in [-0.15, -0.1) is 11.8 Å². The molecule has 1 atom stereocenters. The standard InChI is InChI=1S/C20H17F2N3O4S/c1-12(30-11-18(26)23-16-8-6-15(22)7-9-16)20(27)28-10-17-24-19(29-25-17)13-2-4-14(21)5-3-13/h2-9,12H,10-11H2,1H3,(H,23,26). The number of nitrogens with zero attached hydrogens (tertiary/aromatic N) is 2. The van der Waals surface area contributed by atoms with Crippen LogP contribution in [0.2, 0.25) is 0 Å². The Balaban J connectivity index is 1.42. The van der Waals surface area contributed by atoms with Crippen molar-refractivity contribution in [2.75, 3.05) is 11.1 Å². The molecule has 1 heterocycles. The predicted octanol–water partition coefficient (Wildman–Crippen LogP) is 3.82. The van der Waals surface area contributed by atoms with E-state index in [-0.39, 0.29) is 35.8 Å². The summed E-state index contributed by atoms with van der Waals surface area (Å²) in [5.41, 5.74) is 1.00. The molecule has 0 saturated heterocycles. The van der Waals surface area contributed by atoms with E-state index in [0.717, 1.165) is 11.8 Å². The quantitative estimate of drug-likeness (QED) is 0.540. The van der Waals surface area contributed by atoms with Gasteiger partial charge in [0, 0.05) is 11.3 Å². The van der Waals surface area contributed by atoms with Gasteiger partial charge in [-0.25, -0.2) is 8.78 Å². The van der Waals surface area contributed by atoms with Crippen LogP contribution in [0.25, 0.3) is 11.5 Å². The summed E-state index contributed by atoms with van der Waals surface area (Å²) in [4.78, 5) is 28.1. The van der Waals surface area contributed by atoms with Crippen molar-refractivity contribution in [3.05, 3.63) is 66.0 Å². The van der Waals surface area contributed by atoms with Crippen LogP contribution in [-0.2, 0) is 20.9 Å². The Hall–Kier alpha value is -3.27. The molecule has 0 bridgehead atoms. The Morgan fingerprint density at radius 3 is 2.40 bits per heavy atom. The molecule has 0 aliphatic heterocycles. The van der Waals surface area contributed by atoms with E-state index in [1.54, 1.807) is 6.92 Å². The third kappa shape index (κ3) is 6.11. The lowest BCUT2D eigenvalue weighted by Crippen LogP contribution is -2.21. The third-order valence-corrected chi connectivity index (χ3v) is 4.95. The Morgan fingerprint density at radius 1 is 1.10 bits per heavy atom. The van der Waals surface area contributed by atoms with Crippen molar-refractivity contribution in [2.24, 2.45) is 0 Å². The molecular weight excluding hydrogens is 416 g/mol. The smallest absolute Gasteiger partial charge is 0.319 e. The highest BCUT2D eigenvalue weighted by Gasteiger charge is 2.18. The average Bonchev–Trinajstić information content (AvgIpc) is 3.21. The summed E-state index contributed by atoms with van der Waals surface area (Å²) in [6.45, 7) is 1.41. The van der Waals surface area contributed by atoms with E-state index in [1.807, 2.05) is 0 Å². The van der Waals surface area contributed by atoms with Gasteiger partial charge in [0.15, 0.2) is 6.61 Å². The second kappa shape index (κ2) is 9.97. The summed E-state index contributed by atoms with van der Waals surface area (Å²) in [7, 11) is 0. The van der Waals surface area contributed by atoms with Crippen LogP contribution in [0.1, 0.15) is 12.7 Å². The first kappa shape index (κ1) is 21.4. The maximum Gasteiger partial charge on any atom is 0.319 e. The van der Waals surface area contributed by atoms with E-state index in [0.29, 0.717) is 11.3 Å². The van der Waals surface area contributed by atoms with E-state index in [4.69, 9.17) is 9.26 Å². The molecule has 3 aromatic rings. The average molecular weight is 433 g/mol. The first-order valence-electron chi connectivity index (χ1n) is 8.83. The molecule has 0 fully saturated rings. The number of halogens is 2. The number of carbonyl (C=O) groups is 2. The van der Waals surface area contributed by atoms with Crippen molar-refractivity contribution >= 4 is 29.3 Å². The molecule has 3 rings (SSSR count). The zero-order valence-corrected chi connectivity index (χ0v) is 16.6. The molecule has 1 aromatic heterocycles. The zero-order valence-electron chi connectivity index (χ0n) is 15.8. The molecule has 2 aromatic carbocycles. The number of hydrogen-bond donors (Lipinski definition) is 1. The number of ether oxygens (including phenoxy) is 1. The zero-order chi connectivity index (χ0) is 21.5. The molecule has 0 aliphatic rings. The van der Waals surface area contributed by atoms with Crippen molar-refractivity contribution in [2.45, 2.75) is 18.8 Å². The fraction of sp³-hybridized carbons (Fsp3) is 0.200. The highest BCUT2D eigenvalue weighted by molar-refractivity contribution is 8.01. The van der Waals surface area contributed by atoms with E-state index < -0.39 is 17.0 Å². The van der Waals surface area contributed by atoms with Gasteiger partial charge in [0.05, 0.1) is 5.75 Å². The first-order valence-corrected chi connectivity index (χ1v) is 9.88. The van der Waals surface area contributed by atoms with Crippen molar-refractivity contribution in [1.29, 1.82) is 0 Å². The molecule has 0 saturated carbocycles. The second-order valence-electron chi connectivity index (χ2n) is 6.14. The Kier molecular flexibility index (Phi) is 7.12. The second-order valence-corrected chi connectivity index (χ2v) is 7.47. The lowest BCUT2D eigenvalue weighted by atomic mass is 10.2. The minimum atomic E-state index is -0.604. The van der Waals surface area contributed by atoms with Gasteiger partial charge in [-0.05, 0) is 55.5 Å². The lowest BCUT2D eigenvalue weighted by Gasteiger charge is -2.10. The SMILES string of the molecule is CC(SCC(=O)Nc1ccc(F)cc1)C(=O)OCc1noc(-c2ccc(F)cc2)n1. The fourth-order valence-electron chi connectivity index (χ4n) is 2.27. The molecule has 1 unspecified atom stereocenters. The number of esters is 1. The Morgan fingerprint density at radius 2 is 1.73 bits per heavy atom. The molecule has 0 aliphatic carbocycles. The minimum Gasteiger partial charge on any atom is -0.456 e. The predicted molar refractivity (Wildman–Crippen MR) is 106 cm³/mol. The molecule has 1 N–H and O–H groups in total. The lowest BCUT2D eigenvalue weighted by molar-refractivity contribution is -0.144. The number of nitrogens with one attached hydrogen (secondary N) is 1.